The molecule has 0 fully saturated rings. The van der Waals surface area contributed by atoms with E-state index in [0.717, 1.165) is 4.47 Å². The molecule has 1 aromatic heterocycles. The molecule has 0 radical (unpaired) electrons. The Morgan fingerprint density at radius 1 is 1.08 bits per heavy atom. The van der Waals surface area contributed by atoms with Gasteiger partial charge in [-0.25, -0.2) is 0 Å². The minimum Gasteiger partial charge on any atom is -0.456 e. The van der Waals surface area contributed by atoms with Gasteiger partial charge < -0.3 is 9.73 Å². The standard InChI is InChI=1S/C19H13BrN2O4/c20-15-6-2-3-7-16(15)21-19(23)12-10-13-9-11-18(26-13)14-5-1-4-8-17(14)22(24)25/h1-12H,(H,21,23). The summed E-state index contributed by atoms with van der Waals surface area (Å²) < 4.78 is 6.38. The molecule has 0 aliphatic rings. The van der Waals surface area contributed by atoms with Gasteiger partial charge in [-0.2, -0.15) is 0 Å². The van der Waals surface area contributed by atoms with Crippen LogP contribution < -0.4 is 5.32 Å². The number of para-hydroxylation sites is 2. The molecule has 1 heterocycles. The van der Waals surface area contributed by atoms with E-state index in [4.69, 9.17) is 4.42 Å². The number of hydrogen-bond acceptors (Lipinski definition) is 4. The number of anilines is 1. The fourth-order valence-corrected chi connectivity index (χ4v) is 2.71. The number of nitrogens with one attached hydrogen (secondary N) is 1. The highest BCUT2D eigenvalue weighted by molar-refractivity contribution is 9.10. The largest absolute Gasteiger partial charge is 0.456 e. The predicted octanol–water partition coefficient (Wildman–Crippen LogP) is 5.27. The number of carbonyl (C=O) groups excluding carboxylic acids is 1. The molecule has 1 N–H and O–H groups in total. The summed E-state index contributed by atoms with van der Waals surface area (Å²) in [5.74, 6) is 0.462. The van der Waals surface area contributed by atoms with Gasteiger partial charge in [0, 0.05) is 16.6 Å². The Bertz CT molecular complexity index is 994. The topological polar surface area (TPSA) is 85.4 Å². The van der Waals surface area contributed by atoms with Crippen molar-refractivity contribution in [3.63, 3.8) is 0 Å². The average Bonchev–Trinajstić information content (AvgIpc) is 3.11. The highest BCUT2D eigenvalue weighted by atomic mass is 79.9. The molecule has 26 heavy (non-hydrogen) atoms. The Kier molecular flexibility index (Phi) is 5.28. The van der Waals surface area contributed by atoms with E-state index in [1.165, 1.54) is 18.2 Å². The number of furan rings is 1. The summed E-state index contributed by atoms with van der Waals surface area (Å²) in [7, 11) is 0. The van der Waals surface area contributed by atoms with Crippen molar-refractivity contribution in [2.75, 3.05) is 5.32 Å². The van der Waals surface area contributed by atoms with Crippen molar-refractivity contribution in [3.8, 4) is 11.3 Å². The molecule has 0 aliphatic heterocycles. The minimum atomic E-state index is -0.460. The summed E-state index contributed by atoms with van der Waals surface area (Å²) in [6.45, 7) is 0. The zero-order valence-corrected chi connectivity index (χ0v) is 15.0. The van der Waals surface area contributed by atoms with Gasteiger partial charge in [-0.3, -0.25) is 14.9 Å². The number of halogens is 1. The average molecular weight is 413 g/mol. The van der Waals surface area contributed by atoms with Gasteiger partial charge in [-0.05, 0) is 52.3 Å². The highest BCUT2D eigenvalue weighted by Crippen LogP contribution is 2.31. The first-order chi connectivity index (χ1) is 12.5. The van der Waals surface area contributed by atoms with Gasteiger partial charge in [-0.15, -0.1) is 0 Å². The van der Waals surface area contributed by atoms with Crippen LogP contribution in [-0.2, 0) is 4.79 Å². The normalized spacial score (nSPS) is 10.8. The third-order valence-corrected chi connectivity index (χ3v) is 4.22. The number of amides is 1. The molecule has 0 aliphatic carbocycles. The molecule has 6 nitrogen and oxygen atoms in total. The second kappa shape index (κ2) is 7.79. The zero-order chi connectivity index (χ0) is 18.5. The molecule has 0 bridgehead atoms. The SMILES string of the molecule is O=C(C=Cc1ccc(-c2ccccc2[N+](=O)[O-])o1)Nc1ccccc1Br. The summed E-state index contributed by atoms with van der Waals surface area (Å²) >= 11 is 3.36. The van der Waals surface area contributed by atoms with Crippen LogP contribution in [0.15, 0.2) is 75.6 Å². The van der Waals surface area contributed by atoms with Gasteiger partial charge in [0.2, 0.25) is 5.91 Å². The Labute approximate surface area is 157 Å². The summed E-state index contributed by atoms with van der Waals surface area (Å²) in [5, 5.41) is 13.9. The summed E-state index contributed by atoms with van der Waals surface area (Å²) in [5.41, 5.74) is 1.00. The second-order valence-electron chi connectivity index (χ2n) is 5.28. The van der Waals surface area contributed by atoms with Crippen LogP contribution in [0.2, 0.25) is 0 Å². The Hall–Kier alpha value is -3.19. The maximum atomic E-state index is 12.0. The maximum Gasteiger partial charge on any atom is 0.280 e. The monoisotopic (exact) mass is 412 g/mol. The quantitative estimate of drug-likeness (QED) is 0.351. The summed E-state index contributed by atoms with van der Waals surface area (Å²) in [4.78, 5) is 22.7. The lowest BCUT2D eigenvalue weighted by atomic mass is 10.1. The summed E-state index contributed by atoms with van der Waals surface area (Å²) in [6.07, 6.45) is 2.84. The number of carbonyl (C=O) groups is 1. The molecular weight excluding hydrogens is 400 g/mol. The molecule has 130 valence electrons. The van der Waals surface area contributed by atoms with Crippen LogP contribution in [0.5, 0.6) is 0 Å². The molecule has 0 unspecified atom stereocenters. The van der Waals surface area contributed by atoms with Crippen molar-refractivity contribution in [1.82, 2.24) is 0 Å². The smallest absolute Gasteiger partial charge is 0.280 e. The van der Waals surface area contributed by atoms with Crippen molar-refractivity contribution in [2.45, 2.75) is 0 Å². The van der Waals surface area contributed by atoms with Gasteiger partial charge >= 0.3 is 0 Å². The van der Waals surface area contributed by atoms with Crippen LogP contribution in [0.3, 0.4) is 0 Å². The Morgan fingerprint density at radius 2 is 1.81 bits per heavy atom. The predicted molar refractivity (Wildman–Crippen MR) is 103 cm³/mol. The maximum absolute atomic E-state index is 12.0. The van der Waals surface area contributed by atoms with E-state index >= 15 is 0 Å². The highest BCUT2D eigenvalue weighted by Gasteiger charge is 2.16. The van der Waals surface area contributed by atoms with Crippen molar-refractivity contribution < 1.29 is 14.1 Å². The van der Waals surface area contributed by atoms with Gasteiger partial charge in [-0.1, -0.05) is 24.3 Å². The van der Waals surface area contributed by atoms with Crippen LogP contribution in [0.25, 0.3) is 17.4 Å². The first kappa shape index (κ1) is 17.6. The second-order valence-corrected chi connectivity index (χ2v) is 6.13. The molecule has 3 aromatic rings. The van der Waals surface area contributed by atoms with Crippen LogP contribution in [-0.4, -0.2) is 10.8 Å². The number of benzene rings is 2. The molecule has 1 amide bonds. The van der Waals surface area contributed by atoms with E-state index in [2.05, 4.69) is 21.2 Å². The van der Waals surface area contributed by atoms with Gasteiger partial charge in [0.25, 0.3) is 5.69 Å². The number of nitro groups is 1. The van der Waals surface area contributed by atoms with Crippen molar-refractivity contribution in [2.24, 2.45) is 0 Å². The van der Waals surface area contributed by atoms with Crippen LogP contribution in [0.1, 0.15) is 5.76 Å². The fourth-order valence-electron chi connectivity index (χ4n) is 2.32. The van der Waals surface area contributed by atoms with E-state index < -0.39 is 4.92 Å². The van der Waals surface area contributed by atoms with Crippen molar-refractivity contribution in [1.29, 1.82) is 0 Å². The van der Waals surface area contributed by atoms with Gasteiger partial charge in [0.15, 0.2) is 0 Å². The number of nitrogens with zero attached hydrogens (tertiary/aromatic N) is 1. The molecule has 2 aromatic carbocycles. The Balaban J connectivity index is 1.75. The Morgan fingerprint density at radius 3 is 2.58 bits per heavy atom. The van der Waals surface area contributed by atoms with E-state index in [1.807, 2.05) is 18.2 Å². The molecule has 0 atom stereocenters. The molecule has 0 saturated carbocycles. The van der Waals surface area contributed by atoms with Crippen LogP contribution in [0.4, 0.5) is 11.4 Å². The van der Waals surface area contributed by atoms with Crippen LogP contribution >= 0.6 is 15.9 Å². The van der Waals surface area contributed by atoms with Gasteiger partial charge in [0.1, 0.15) is 11.5 Å². The van der Waals surface area contributed by atoms with Crippen molar-refractivity contribution >= 4 is 39.3 Å². The first-order valence-electron chi connectivity index (χ1n) is 7.62. The van der Waals surface area contributed by atoms with Crippen LogP contribution in [0, 0.1) is 10.1 Å². The van der Waals surface area contributed by atoms with E-state index in [-0.39, 0.29) is 11.6 Å². The van der Waals surface area contributed by atoms with E-state index in [0.29, 0.717) is 22.8 Å². The third kappa shape index (κ3) is 4.07. The number of hydrogen-bond donors (Lipinski definition) is 1. The fraction of sp³-hybridized carbons (Fsp3) is 0. The van der Waals surface area contributed by atoms with Gasteiger partial charge in [0.05, 0.1) is 16.2 Å². The lowest BCUT2D eigenvalue weighted by Gasteiger charge is -2.03. The number of nitro benzene ring substituents is 1. The first-order valence-corrected chi connectivity index (χ1v) is 8.41. The molecular formula is C19H13BrN2O4. The zero-order valence-electron chi connectivity index (χ0n) is 13.4. The van der Waals surface area contributed by atoms with E-state index in [9.17, 15) is 14.9 Å². The lowest BCUT2D eigenvalue weighted by Crippen LogP contribution is -2.07. The molecule has 7 heteroatoms. The molecule has 0 saturated heterocycles. The molecule has 3 rings (SSSR count). The summed E-state index contributed by atoms with van der Waals surface area (Å²) in [6, 6.07) is 16.9. The van der Waals surface area contributed by atoms with E-state index in [1.54, 1.807) is 36.4 Å². The molecule has 0 spiro atoms. The lowest BCUT2D eigenvalue weighted by molar-refractivity contribution is -0.384. The third-order valence-electron chi connectivity index (χ3n) is 3.52. The van der Waals surface area contributed by atoms with Crippen molar-refractivity contribution in [3.05, 3.63) is 87.1 Å². The number of rotatable bonds is 5. The minimum absolute atomic E-state index is 0.0379.